The van der Waals surface area contributed by atoms with Crippen molar-refractivity contribution < 1.29 is 32.2 Å². The molecule has 0 aliphatic rings. The van der Waals surface area contributed by atoms with Crippen molar-refractivity contribution in [2.75, 3.05) is 20.8 Å². The monoisotopic (exact) mass is 416 g/mol. The predicted molar refractivity (Wildman–Crippen MR) is 101 cm³/mol. The van der Waals surface area contributed by atoms with Gasteiger partial charge >= 0.3 is 12.3 Å². The van der Waals surface area contributed by atoms with Gasteiger partial charge in [-0.1, -0.05) is 13.3 Å². The van der Waals surface area contributed by atoms with E-state index >= 15 is 0 Å². The van der Waals surface area contributed by atoms with Gasteiger partial charge < -0.3 is 24.1 Å². The summed E-state index contributed by atoms with van der Waals surface area (Å²) in [5.74, 6) is 0.449. The predicted octanol–water partition coefficient (Wildman–Crippen LogP) is 3.86. The van der Waals surface area contributed by atoms with Crippen LogP contribution < -0.4 is 25.1 Å². The number of unbranched alkanes of at least 4 members (excludes halogenated alkanes) is 1. The van der Waals surface area contributed by atoms with Crippen molar-refractivity contribution in [1.82, 2.24) is 9.88 Å². The second kappa shape index (κ2) is 9.53. The second-order valence-electron chi connectivity index (χ2n) is 6.28. The van der Waals surface area contributed by atoms with Crippen LogP contribution in [0.25, 0.3) is 10.8 Å². The summed E-state index contributed by atoms with van der Waals surface area (Å²) >= 11 is 0. The van der Waals surface area contributed by atoms with Crippen molar-refractivity contribution in [3.05, 3.63) is 28.7 Å². The molecule has 1 aromatic heterocycles. The number of carbonyl (C=O) groups is 1. The molecule has 0 aliphatic heterocycles. The van der Waals surface area contributed by atoms with Crippen molar-refractivity contribution in [3.8, 4) is 17.2 Å². The number of halogens is 3. The molecular weight excluding hydrogens is 393 g/mol. The summed E-state index contributed by atoms with van der Waals surface area (Å²) < 4.78 is 54.5. The number of nitrogens with zero attached hydrogens (tertiary/aromatic N) is 1. The van der Waals surface area contributed by atoms with E-state index in [2.05, 4.69) is 5.32 Å². The Morgan fingerprint density at radius 2 is 1.72 bits per heavy atom. The molecule has 1 N–H and O–H groups in total. The van der Waals surface area contributed by atoms with Gasteiger partial charge in [-0.3, -0.25) is 4.79 Å². The molecule has 0 fully saturated rings. The van der Waals surface area contributed by atoms with Crippen LogP contribution in [0.1, 0.15) is 26.2 Å². The number of ether oxygens (including phenoxy) is 3. The van der Waals surface area contributed by atoms with E-state index in [1.165, 1.54) is 26.4 Å². The summed E-state index contributed by atoms with van der Waals surface area (Å²) in [7, 11) is 2.76. The summed E-state index contributed by atoms with van der Waals surface area (Å²) in [4.78, 5) is 24.8. The number of fused-ring (bicyclic) bond motifs is 1. The highest BCUT2D eigenvalue weighted by Gasteiger charge is 2.27. The molecule has 0 aliphatic carbocycles. The molecule has 2 aromatic rings. The first-order valence-corrected chi connectivity index (χ1v) is 9.01. The molecular formula is C19H23F3N2O5. The van der Waals surface area contributed by atoms with Gasteiger partial charge in [0.1, 0.15) is 0 Å². The number of benzene rings is 1. The van der Waals surface area contributed by atoms with Gasteiger partial charge in [-0.15, -0.1) is 0 Å². The number of carbonyl (C=O) groups excluding carboxylic acids is 1. The normalized spacial score (nSPS) is 11.4. The Labute approximate surface area is 165 Å². The lowest BCUT2D eigenvalue weighted by molar-refractivity contribution is -0.136. The molecule has 10 heteroatoms. The lowest BCUT2D eigenvalue weighted by Gasteiger charge is -2.15. The van der Waals surface area contributed by atoms with E-state index in [1.807, 2.05) is 6.92 Å². The van der Waals surface area contributed by atoms with Crippen LogP contribution >= 0.6 is 0 Å². The van der Waals surface area contributed by atoms with Crippen LogP contribution in [0.2, 0.25) is 0 Å². The van der Waals surface area contributed by atoms with Gasteiger partial charge in [-0.25, -0.2) is 4.79 Å². The number of pyridine rings is 1. The Hall–Kier alpha value is -2.91. The number of alkyl halides is 3. The summed E-state index contributed by atoms with van der Waals surface area (Å²) in [5, 5.41) is 2.82. The average molecular weight is 416 g/mol. The first-order valence-electron chi connectivity index (χ1n) is 9.01. The molecule has 2 rings (SSSR count). The highest BCUT2D eigenvalue weighted by molar-refractivity contribution is 5.92. The highest BCUT2D eigenvalue weighted by Crippen LogP contribution is 2.35. The van der Waals surface area contributed by atoms with E-state index in [4.69, 9.17) is 14.2 Å². The number of nitrogens with one attached hydrogen (secondary N) is 1. The quantitative estimate of drug-likeness (QED) is 0.661. The maximum atomic E-state index is 12.7. The number of aromatic nitrogens is 1. The molecule has 0 atom stereocenters. The van der Waals surface area contributed by atoms with Crippen LogP contribution in [0.4, 0.5) is 18.0 Å². The molecule has 1 amide bonds. The van der Waals surface area contributed by atoms with Crippen molar-refractivity contribution in [2.24, 2.45) is 0 Å². The van der Waals surface area contributed by atoms with Crippen LogP contribution in [0.15, 0.2) is 23.1 Å². The Bertz CT molecular complexity index is 925. The number of methoxy groups -OCH3 is 2. The maximum Gasteiger partial charge on any atom is 0.412 e. The number of amides is 1. The zero-order valence-electron chi connectivity index (χ0n) is 16.4. The Morgan fingerprint density at radius 3 is 2.28 bits per heavy atom. The minimum atomic E-state index is -4.44. The third-order valence-electron chi connectivity index (χ3n) is 4.19. The van der Waals surface area contributed by atoms with Gasteiger partial charge in [-0.05, 0) is 18.6 Å². The van der Waals surface area contributed by atoms with E-state index in [-0.39, 0.29) is 28.0 Å². The van der Waals surface area contributed by atoms with Gasteiger partial charge in [0.15, 0.2) is 17.2 Å². The van der Waals surface area contributed by atoms with Crippen LogP contribution in [-0.2, 0) is 6.54 Å². The maximum absolute atomic E-state index is 12.7. The highest BCUT2D eigenvalue weighted by atomic mass is 19.4. The molecule has 0 radical (unpaired) electrons. The molecule has 0 saturated carbocycles. The molecule has 0 saturated heterocycles. The lowest BCUT2D eigenvalue weighted by Crippen LogP contribution is -2.29. The number of aryl methyl sites for hydroxylation is 1. The zero-order valence-corrected chi connectivity index (χ0v) is 16.4. The van der Waals surface area contributed by atoms with E-state index < -0.39 is 30.8 Å². The van der Waals surface area contributed by atoms with Crippen LogP contribution in [0, 0.1) is 0 Å². The fourth-order valence-corrected chi connectivity index (χ4v) is 2.68. The molecule has 1 heterocycles. The third kappa shape index (κ3) is 5.78. The fourth-order valence-electron chi connectivity index (χ4n) is 2.68. The van der Waals surface area contributed by atoms with E-state index in [9.17, 15) is 22.8 Å². The lowest BCUT2D eigenvalue weighted by atomic mass is 10.1. The smallest absolute Gasteiger partial charge is 0.412 e. The molecule has 0 spiro atoms. The third-order valence-corrected chi connectivity index (χ3v) is 4.19. The summed E-state index contributed by atoms with van der Waals surface area (Å²) in [5.41, 5.74) is -0.663. The largest absolute Gasteiger partial charge is 0.493 e. The Morgan fingerprint density at radius 1 is 1.10 bits per heavy atom. The van der Waals surface area contributed by atoms with Gasteiger partial charge in [0.25, 0.3) is 5.56 Å². The molecule has 0 unspecified atom stereocenters. The van der Waals surface area contributed by atoms with E-state index in [1.54, 1.807) is 0 Å². The average Bonchev–Trinajstić information content (AvgIpc) is 2.67. The minimum Gasteiger partial charge on any atom is -0.493 e. The summed E-state index contributed by atoms with van der Waals surface area (Å²) in [6.45, 7) is 1.73. The molecule has 1 aromatic carbocycles. The van der Waals surface area contributed by atoms with Gasteiger partial charge in [0.2, 0.25) is 0 Å². The van der Waals surface area contributed by atoms with Crippen molar-refractivity contribution in [1.29, 1.82) is 0 Å². The minimum absolute atomic E-state index is 0.0451. The molecule has 7 nitrogen and oxygen atoms in total. The van der Waals surface area contributed by atoms with Crippen LogP contribution in [-0.4, -0.2) is 37.6 Å². The molecule has 0 bridgehead atoms. The fraction of sp³-hybridized carbons (Fsp3) is 0.474. The Balaban J connectivity index is 2.53. The number of hydrogen-bond acceptors (Lipinski definition) is 5. The Kier molecular flexibility index (Phi) is 7.35. The SMILES string of the molecule is CCCCNC(=O)Oc1cn(CCC(F)(F)F)c(=O)c2cc(OC)c(OC)cc12. The number of hydrogen-bond donors (Lipinski definition) is 1. The van der Waals surface area contributed by atoms with Gasteiger partial charge in [0.05, 0.1) is 32.2 Å². The first-order chi connectivity index (χ1) is 13.7. The summed E-state index contributed by atoms with van der Waals surface area (Å²) in [6.07, 6.45) is -3.70. The summed E-state index contributed by atoms with van der Waals surface area (Å²) in [6, 6.07) is 2.79. The second-order valence-corrected chi connectivity index (χ2v) is 6.28. The first kappa shape index (κ1) is 22.4. The zero-order chi connectivity index (χ0) is 21.6. The topological polar surface area (TPSA) is 78.8 Å². The van der Waals surface area contributed by atoms with Crippen molar-refractivity contribution in [3.63, 3.8) is 0 Å². The van der Waals surface area contributed by atoms with Crippen LogP contribution in [0.3, 0.4) is 0 Å². The molecule has 160 valence electrons. The number of rotatable bonds is 8. The standard InChI is InChI=1S/C19H23F3N2O5/c1-4-5-7-23-18(26)29-16-11-24(8-6-19(20,21)22)17(25)13-10-15(28-3)14(27-2)9-12(13)16/h9-11H,4-8H2,1-3H3,(H,23,26). The van der Waals surface area contributed by atoms with E-state index in [0.717, 1.165) is 23.6 Å². The van der Waals surface area contributed by atoms with Gasteiger partial charge in [-0.2, -0.15) is 13.2 Å². The van der Waals surface area contributed by atoms with Crippen molar-refractivity contribution in [2.45, 2.75) is 38.9 Å². The van der Waals surface area contributed by atoms with Crippen LogP contribution in [0.5, 0.6) is 17.2 Å². The van der Waals surface area contributed by atoms with E-state index in [0.29, 0.717) is 6.54 Å². The van der Waals surface area contributed by atoms with Gasteiger partial charge in [0, 0.05) is 18.5 Å². The molecule has 29 heavy (non-hydrogen) atoms. The van der Waals surface area contributed by atoms with Crippen molar-refractivity contribution >= 4 is 16.9 Å².